The second-order valence-corrected chi connectivity index (χ2v) is 6.96. The predicted molar refractivity (Wildman–Crippen MR) is 83.1 cm³/mol. The van der Waals surface area contributed by atoms with Crippen molar-refractivity contribution in [1.29, 1.82) is 0 Å². The number of hydrogen-bond acceptors (Lipinski definition) is 6. The highest BCUT2D eigenvalue weighted by Gasteiger charge is 2.30. The van der Waals surface area contributed by atoms with E-state index in [1.54, 1.807) is 6.33 Å². The van der Waals surface area contributed by atoms with Gasteiger partial charge in [0, 0.05) is 11.4 Å². The molecule has 1 N–H and O–H groups in total. The number of fused-ring (bicyclic) bond motifs is 3. The molecule has 0 bridgehead atoms. The summed E-state index contributed by atoms with van der Waals surface area (Å²) in [6.45, 7) is 3.52. The van der Waals surface area contributed by atoms with Crippen molar-refractivity contribution < 1.29 is 9.84 Å². The molecule has 1 fully saturated rings. The number of aromatic nitrogens is 2. The number of aryl methyl sites for hydroxylation is 2. The quantitative estimate of drug-likeness (QED) is 0.916. The summed E-state index contributed by atoms with van der Waals surface area (Å²) in [7, 11) is 0. The summed E-state index contributed by atoms with van der Waals surface area (Å²) in [5.74, 6) is 1.02. The summed E-state index contributed by atoms with van der Waals surface area (Å²) < 4.78 is 5.64. The lowest BCUT2D eigenvalue weighted by atomic mass is 10.1. The fourth-order valence-electron chi connectivity index (χ4n) is 3.35. The third kappa shape index (κ3) is 2.13. The number of rotatable bonds is 2. The summed E-state index contributed by atoms with van der Waals surface area (Å²) in [5, 5.41) is 10.6. The second-order valence-electron chi connectivity index (χ2n) is 5.87. The molecule has 0 spiro atoms. The molecule has 5 nitrogen and oxygen atoms in total. The molecule has 0 unspecified atom stereocenters. The third-order valence-corrected chi connectivity index (χ3v) is 5.66. The van der Waals surface area contributed by atoms with Crippen molar-refractivity contribution in [3.8, 4) is 0 Å². The van der Waals surface area contributed by atoms with Gasteiger partial charge in [0.1, 0.15) is 17.0 Å². The lowest BCUT2D eigenvalue weighted by Crippen LogP contribution is -2.50. The highest BCUT2D eigenvalue weighted by atomic mass is 32.1. The standard InChI is InChI=1S/C15H19N3O2S/c1-9-7-20-10(6-19)5-18(9)14-13-11-3-2-4-12(11)21-15(13)17-8-16-14/h8-10,19H,2-7H2,1H3/t9-,10-/m1/s1. The Labute approximate surface area is 127 Å². The normalized spacial score (nSPS) is 25.5. The maximum absolute atomic E-state index is 9.39. The Morgan fingerprint density at radius 2 is 2.33 bits per heavy atom. The molecule has 1 aliphatic carbocycles. The Hall–Kier alpha value is -1.24. The van der Waals surface area contributed by atoms with Crippen molar-refractivity contribution in [3.63, 3.8) is 0 Å². The van der Waals surface area contributed by atoms with Gasteiger partial charge < -0.3 is 14.7 Å². The Kier molecular flexibility index (Phi) is 3.32. The van der Waals surface area contributed by atoms with Crippen LogP contribution in [0.1, 0.15) is 23.8 Å². The first-order valence-corrected chi connectivity index (χ1v) is 8.34. The third-order valence-electron chi connectivity index (χ3n) is 4.46. The van der Waals surface area contributed by atoms with Crippen LogP contribution in [0.4, 0.5) is 5.82 Å². The van der Waals surface area contributed by atoms with E-state index in [2.05, 4.69) is 21.8 Å². The average molecular weight is 305 g/mol. The zero-order valence-electron chi connectivity index (χ0n) is 12.1. The van der Waals surface area contributed by atoms with Crippen LogP contribution < -0.4 is 4.90 Å². The Balaban J connectivity index is 1.82. The molecule has 0 aromatic carbocycles. The summed E-state index contributed by atoms with van der Waals surface area (Å²) in [5.41, 5.74) is 1.45. The first kappa shape index (κ1) is 13.4. The molecule has 112 valence electrons. The molecule has 3 heterocycles. The van der Waals surface area contributed by atoms with Gasteiger partial charge in [0.2, 0.25) is 0 Å². The minimum Gasteiger partial charge on any atom is -0.394 e. The molecule has 6 heteroatoms. The van der Waals surface area contributed by atoms with Crippen LogP contribution in [0, 0.1) is 0 Å². The van der Waals surface area contributed by atoms with Crippen LogP contribution in [0.25, 0.3) is 10.2 Å². The van der Waals surface area contributed by atoms with Gasteiger partial charge in [0.05, 0.1) is 30.7 Å². The maximum atomic E-state index is 9.39. The number of ether oxygens (including phenoxy) is 1. The van der Waals surface area contributed by atoms with Gasteiger partial charge in [0.15, 0.2) is 0 Å². The van der Waals surface area contributed by atoms with E-state index in [4.69, 9.17) is 4.74 Å². The molecular weight excluding hydrogens is 286 g/mol. The van der Waals surface area contributed by atoms with E-state index in [1.807, 2.05) is 11.3 Å². The zero-order chi connectivity index (χ0) is 14.4. The highest BCUT2D eigenvalue weighted by Crippen LogP contribution is 2.40. The van der Waals surface area contributed by atoms with Crippen molar-refractivity contribution >= 4 is 27.4 Å². The van der Waals surface area contributed by atoms with Gasteiger partial charge in [0.25, 0.3) is 0 Å². The van der Waals surface area contributed by atoms with E-state index in [0.717, 1.165) is 17.1 Å². The van der Waals surface area contributed by atoms with Crippen molar-refractivity contribution in [2.45, 2.75) is 38.3 Å². The lowest BCUT2D eigenvalue weighted by molar-refractivity contribution is -0.0104. The largest absolute Gasteiger partial charge is 0.394 e. The van der Waals surface area contributed by atoms with Crippen molar-refractivity contribution in [1.82, 2.24) is 9.97 Å². The van der Waals surface area contributed by atoms with Crippen LogP contribution in [-0.2, 0) is 17.6 Å². The fourth-order valence-corrected chi connectivity index (χ4v) is 4.58. The van der Waals surface area contributed by atoms with Gasteiger partial charge in [-0.2, -0.15) is 0 Å². The minimum atomic E-state index is -0.127. The topological polar surface area (TPSA) is 58.5 Å². The molecule has 2 aromatic heterocycles. The minimum absolute atomic E-state index is 0.0548. The van der Waals surface area contributed by atoms with Crippen molar-refractivity contribution in [2.75, 3.05) is 24.7 Å². The molecule has 0 amide bonds. The van der Waals surface area contributed by atoms with Crippen molar-refractivity contribution in [3.05, 3.63) is 16.8 Å². The molecule has 4 rings (SSSR count). The van der Waals surface area contributed by atoms with E-state index in [0.29, 0.717) is 13.2 Å². The van der Waals surface area contributed by atoms with Gasteiger partial charge in [-0.15, -0.1) is 11.3 Å². The first-order chi connectivity index (χ1) is 10.3. The summed E-state index contributed by atoms with van der Waals surface area (Å²) in [6.07, 6.45) is 5.09. The van der Waals surface area contributed by atoms with Crippen molar-refractivity contribution in [2.24, 2.45) is 0 Å². The molecule has 0 radical (unpaired) electrons. The summed E-state index contributed by atoms with van der Waals surface area (Å²) >= 11 is 1.81. The van der Waals surface area contributed by atoms with E-state index in [1.165, 1.54) is 28.7 Å². The van der Waals surface area contributed by atoms with Crippen LogP contribution in [0.5, 0.6) is 0 Å². The molecule has 0 saturated carbocycles. The van der Waals surface area contributed by atoms with E-state index < -0.39 is 0 Å². The number of nitrogens with zero attached hydrogens (tertiary/aromatic N) is 3. The average Bonchev–Trinajstić information content (AvgIpc) is 3.08. The Bertz CT molecular complexity index is 672. The summed E-state index contributed by atoms with van der Waals surface area (Å²) in [4.78, 5) is 13.9. The number of aliphatic hydroxyl groups is 1. The second kappa shape index (κ2) is 5.19. The smallest absolute Gasteiger partial charge is 0.141 e. The Morgan fingerprint density at radius 3 is 3.19 bits per heavy atom. The molecule has 2 aromatic rings. The van der Waals surface area contributed by atoms with Gasteiger partial charge in [-0.05, 0) is 31.7 Å². The first-order valence-electron chi connectivity index (χ1n) is 7.52. The monoisotopic (exact) mass is 305 g/mol. The van der Waals surface area contributed by atoms with Gasteiger partial charge in [-0.1, -0.05) is 0 Å². The molecule has 1 saturated heterocycles. The van der Waals surface area contributed by atoms with Crippen LogP contribution in [-0.4, -0.2) is 47.0 Å². The lowest BCUT2D eigenvalue weighted by Gasteiger charge is -2.38. The summed E-state index contributed by atoms with van der Waals surface area (Å²) in [6, 6.07) is 0.267. The fraction of sp³-hybridized carbons (Fsp3) is 0.600. The van der Waals surface area contributed by atoms with Crippen LogP contribution in [0.2, 0.25) is 0 Å². The van der Waals surface area contributed by atoms with Gasteiger partial charge >= 0.3 is 0 Å². The van der Waals surface area contributed by atoms with E-state index >= 15 is 0 Å². The van der Waals surface area contributed by atoms with Gasteiger partial charge in [-0.25, -0.2) is 9.97 Å². The molecule has 1 aliphatic heterocycles. The molecular formula is C15H19N3O2S. The van der Waals surface area contributed by atoms with Gasteiger partial charge in [-0.3, -0.25) is 0 Å². The van der Waals surface area contributed by atoms with E-state index in [9.17, 15) is 5.11 Å². The van der Waals surface area contributed by atoms with Crippen LogP contribution in [0.3, 0.4) is 0 Å². The molecule has 2 aliphatic rings. The predicted octanol–water partition coefficient (Wildman–Crippen LogP) is 1.77. The SMILES string of the molecule is C[C@@H]1CO[C@@H](CO)CN1c1ncnc2sc3c(c12)CCC3. The highest BCUT2D eigenvalue weighted by molar-refractivity contribution is 7.19. The molecule has 21 heavy (non-hydrogen) atoms. The zero-order valence-corrected chi connectivity index (χ0v) is 12.9. The maximum Gasteiger partial charge on any atom is 0.141 e. The van der Waals surface area contributed by atoms with E-state index in [-0.39, 0.29) is 18.8 Å². The van der Waals surface area contributed by atoms with Crippen LogP contribution in [0.15, 0.2) is 6.33 Å². The number of hydrogen-bond donors (Lipinski definition) is 1. The van der Waals surface area contributed by atoms with Crippen LogP contribution >= 0.6 is 11.3 Å². The number of anilines is 1. The number of thiophene rings is 1. The Morgan fingerprint density at radius 1 is 1.43 bits per heavy atom. The number of morpholine rings is 1. The number of aliphatic hydroxyl groups excluding tert-OH is 1. The molecule has 2 atom stereocenters.